The second-order valence-corrected chi connectivity index (χ2v) is 5.69. The second kappa shape index (κ2) is 7.66. The van der Waals surface area contributed by atoms with Gasteiger partial charge in [-0.3, -0.25) is 4.79 Å². The zero-order chi connectivity index (χ0) is 13.8. The predicted octanol–water partition coefficient (Wildman–Crippen LogP) is 1.92. The molecule has 1 aromatic rings. The van der Waals surface area contributed by atoms with Crippen molar-refractivity contribution < 1.29 is 9.53 Å². The SMILES string of the molecule is Cl.O=C(NCC[C@H]1CCCN1)C1COc2ccccc2C1. The van der Waals surface area contributed by atoms with Crippen molar-refractivity contribution in [1.82, 2.24) is 10.6 Å². The molecular formula is C16H23ClN2O2. The molecular weight excluding hydrogens is 288 g/mol. The predicted molar refractivity (Wildman–Crippen MR) is 85.0 cm³/mol. The van der Waals surface area contributed by atoms with E-state index in [9.17, 15) is 4.79 Å². The smallest absolute Gasteiger partial charge is 0.226 e. The maximum Gasteiger partial charge on any atom is 0.226 e. The lowest BCUT2D eigenvalue weighted by molar-refractivity contribution is -0.126. The quantitative estimate of drug-likeness (QED) is 0.893. The zero-order valence-electron chi connectivity index (χ0n) is 12.1. The van der Waals surface area contributed by atoms with Gasteiger partial charge in [0.15, 0.2) is 0 Å². The Kier molecular flexibility index (Phi) is 5.88. The molecule has 1 amide bonds. The monoisotopic (exact) mass is 310 g/mol. The average Bonchev–Trinajstić information content (AvgIpc) is 3.00. The highest BCUT2D eigenvalue weighted by Crippen LogP contribution is 2.26. The van der Waals surface area contributed by atoms with Gasteiger partial charge in [0.05, 0.1) is 5.92 Å². The third-order valence-corrected chi connectivity index (χ3v) is 4.20. The van der Waals surface area contributed by atoms with Crippen molar-refractivity contribution in [2.45, 2.75) is 31.7 Å². The molecule has 1 aromatic carbocycles. The molecule has 3 rings (SSSR count). The first-order valence-corrected chi connectivity index (χ1v) is 7.55. The van der Waals surface area contributed by atoms with Crippen LogP contribution in [0, 0.1) is 5.92 Å². The Labute approximate surface area is 132 Å². The molecule has 1 saturated heterocycles. The second-order valence-electron chi connectivity index (χ2n) is 5.69. The first-order valence-electron chi connectivity index (χ1n) is 7.55. The number of halogens is 1. The van der Waals surface area contributed by atoms with Crippen LogP contribution in [-0.4, -0.2) is 31.6 Å². The summed E-state index contributed by atoms with van der Waals surface area (Å²) in [5.74, 6) is 0.991. The molecule has 21 heavy (non-hydrogen) atoms. The molecule has 2 N–H and O–H groups in total. The molecule has 116 valence electrons. The van der Waals surface area contributed by atoms with Crippen molar-refractivity contribution in [2.75, 3.05) is 19.7 Å². The lowest BCUT2D eigenvalue weighted by Crippen LogP contribution is -2.39. The number of rotatable bonds is 4. The van der Waals surface area contributed by atoms with Gasteiger partial charge in [-0.2, -0.15) is 0 Å². The fourth-order valence-electron chi connectivity index (χ4n) is 3.01. The first-order chi connectivity index (χ1) is 9.83. The number of benzene rings is 1. The Balaban J connectivity index is 0.00000161. The standard InChI is InChI=1S/C16H22N2O2.ClH/c19-16(18-9-7-14-5-3-8-17-14)13-10-12-4-1-2-6-15(12)20-11-13;/h1-2,4,6,13-14,17H,3,5,7-11H2,(H,18,19);1H/t13?,14-;/m1./s1. The summed E-state index contributed by atoms with van der Waals surface area (Å²) in [5, 5.41) is 6.50. The highest BCUT2D eigenvalue weighted by Gasteiger charge is 2.25. The molecule has 0 radical (unpaired) electrons. The highest BCUT2D eigenvalue weighted by molar-refractivity contribution is 5.85. The van der Waals surface area contributed by atoms with Crippen molar-refractivity contribution in [1.29, 1.82) is 0 Å². The maximum absolute atomic E-state index is 12.2. The molecule has 2 aliphatic rings. The summed E-state index contributed by atoms with van der Waals surface area (Å²) in [7, 11) is 0. The number of fused-ring (bicyclic) bond motifs is 1. The molecule has 5 heteroatoms. The van der Waals surface area contributed by atoms with Crippen molar-refractivity contribution in [2.24, 2.45) is 5.92 Å². The molecule has 2 atom stereocenters. The van der Waals surface area contributed by atoms with Crippen LogP contribution in [0.1, 0.15) is 24.8 Å². The Morgan fingerprint density at radius 1 is 1.38 bits per heavy atom. The summed E-state index contributed by atoms with van der Waals surface area (Å²) < 4.78 is 5.66. The van der Waals surface area contributed by atoms with E-state index in [1.54, 1.807) is 0 Å². The van der Waals surface area contributed by atoms with Gasteiger partial charge >= 0.3 is 0 Å². The van der Waals surface area contributed by atoms with Crippen LogP contribution < -0.4 is 15.4 Å². The van der Waals surface area contributed by atoms with E-state index in [4.69, 9.17) is 4.74 Å². The summed E-state index contributed by atoms with van der Waals surface area (Å²) in [5.41, 5.74) is 1.14. The summed E-state index contributed by atoms with van der Waals surface area (Å²) >= 11 is 0. The Bertz CT molecular complexity index is 475. The van der Waals surface area contributed by atoms with Crippen LogP contribution in [0.25, 0.3) is 0 Å². The molecule has 0 saturated carbocycles. The molecule has 1 fully saturated rings. The summed E-state index contributed by atoms with van der Waals surface area (Å²) in [6, 6.07) is 8.55. The number of carbonyl (C=O) groups excluding carboxylic acids is 1. The minimum absolute atomic E-state index is 0. The van der Waals surface area contributed by atoms with Gasteiger partial charge < -0.3 is 15.4 Å². The van der Waals surface area contributed by atoms with E-state index in [1.165, 1.54) is 12.8 Å². The molecule has 4 nitrogen and oxygen atoms in total. The minimum Gasteiger partial charge on any atom is -0.492 e. The molecule has 1 unspecified atom stereocenters. The molecule has 2 aliphatic heterocycles. The van der Waals surface area contributed by atoms with E-state index < -0.39 is 0 Å². The number of nitrogens with one attached hydrogen (secondary N) is 2. The van der Waals surface area contributed by atoms with Gasteiger partial charge in [-0.05, 0) is 43.9 Å². The third-order valence-electron chi connectivity index (χ3n) is 4.20. The van der Waals surface area contributed by atoms with Gasteiger partial charge in [0, 0.05) is 12.6 Å². The van der Waals surface area contributed by atoms with Crippen LogP contribution in [0.4, 0.5) is 0 Å². The van der Waals surface area contributed by atoms with Gasteiger partial charge in [-0.1, -0.05) is 18.2 Å². The van der Waals surface area contributed by atoms with Crippen molar-refractivity contribution in [3.63, 3.8) is 0 Å². The van der Waals surface area contributed by atoms with Gasteiger partial charge in [0.25, 0.3) is 0 Å². The van der Waals surface area contributed by atoms with E-state index in [0.717, 1.165) is 37.2 Å². The number of amides is 1. The van der Waals surface area contributed by atoms with Crippen LogP contribution in [0.3, 0.4) is 0 Å². The number of carbonyl (C=O) groups is 1. The molecule has 0 aliphatic carbocycles. The minimum atomic E-state index is -0.0542. The van der Waals surface area contributed by atoms with Crippen LogP contribution in [0.2, 0.25) is 0 Å². The normalized spacial score (nSPS) is 23.6. The van der Waals surface area contributed by atoms with Gasteiger partial charge in [-0.25, -0.2) is 0 Å². The van der Waals surface area contributed by atoms with Crippen molar-refractivity contribution in [3.05, 3.63) is 29.8 Å². The Morgan fingerprint density at radius 3 is 3.05 bits per heavy atom. The number of hydrogen-bond acceptors (Lipinski definition) is 3. The highest BCUT2D eigenvalue weighted by atomic mass is 35.5. The Hall–Kier alpha value is -1.26. The van der Waals surface area contributed by atoms with E-state index in [0.29, 0.717) is 12.6 Å². The van der Waals surface area contributed by atoms with E-state index >= 15 is 0 Å². The summed E-state index contributed by atoms with van der Waals surface area (Å²) in [6.07, 6.45) is 4.29. The molecule has 0 aromatic heterocycles. The zero-order valence-corrected chi connectivity index (χ0v) is 13.0. The maximum atomic E-state index is 12.2. The van der Waals surface area contributed by atoms with Crippen LogP contribution in [0.5, 0.6) is 5.75 Å². The lowest BCUT2D eigenvalue weighted by Gasteiger charge is -2.24. The number of para-hydroxylation sites is 1. The van der Waals surface area contributed by atoms with E-state index in [-0.39, 0.29) is 24.2 Å². The third kappa shape index (κ3) is 4.11. The number of hydrogen-bond donors (Lipinski definition) is 2. The fourth-order valence-corrected chi connectivity index (χ4v) is 3.01. The van der Waals surface area contributed by atoms with Crippen LogP contribution in [0.15, 0.2) is 24.3 Å². The van der Waals surface area contributed by atoms with Crippen LogP contribution in [-0.2, 0) is 11.2 Å². The van der Waals surface area contributed by atoms with Crippen LogP contribution >= 0.6 is 12.4 Å². The molecule has 0 bridgehead atoms. The summed E-state index contributed by atoms with van der Waals surface area (Å²) in [4.78, 5) is 12.2. The number of ether oxygens (including phenoxy) is 1. The average molecular weight is 311 g/mol. The molecule has 0 spiro atoms. The van der Waals surface area contributed by atoms with Crippen molar-refractivity contribution in [3.8, 4) is 5.75 Å². The largest absolute Gasteiger partial charge is 0.492 e. The molecule has 2 heterocycles. The van der Waals surface area contributed by atoms with Crippen molar-refractivity contribution >= 4 is 18.3 Å². The van der Waals surface area contributed by atoms with Gasteiger partial charge in [0.2, 0.25) is 5.91 Å². The van der Waals surface area contributed by atoms with Gasteiger partial charge in [0.1, 0.15) is 12.4 Å². The first kappa shape index (κ1) is 16.1. The summed E-state index contributed by atoms with van der Waals surface area (Å²) in [6.45, 7) is 2.37. The van der Waals surface area contributed by atoms with E-state index in [2.05, 4.69) is 10.6 Å². The van der Waals surface area contributed by atoms with E-state index in [1.807, 2.05) is 24.3 Å². The topological polar surface area (TPSA) is 50.4 Å². The van der Waals surface area contributed by atoms with Gasteiger partial charge in [-0.15, -0.1) is 12.4 Å². The fraction of sp³-hybridized carbons (Fsp3) is 0.562. The lowest BCUT2D eigenvalue weighted by atomic mass is 9.96. The Morgan fingerprint density at radius 2 is 2.24 bits per heavy atom.